The molecule has 4 aromatic rings. The lowest BCUT2D eigenvalue weighted by Crippen LogP contribution is -2.48. The summed E-state index contributed by atoms with van der Waals surface area (Å²) in [5, 5.41) is 30.6. The molecule has 38 heteroatoms. The molecule has 6 N–H and O–H groups in total. The number of nitriles is 2. The van der Waals surface area contributed by atoms with Gasteiger partial charge in [0.2, 0.25) is 50.2 Å². The molecule has 8 heterocycles. The van der Waals surface area contributed by atoms with E-state index < -0.39 is 83.0 Å². The van der Waals surface area contributed by atoms with Crippen molar-refractivity contribution in [2.45, 2.75) is 273 Å². The number of aromatic nitrogens is 6. The lowest BCUT2D eigenvalue weighted by molar-refractivity contribution is 0.0480. The Bertz CT molecular complexity index is 4310. The molecule has 31 nitrogen and oxygen atoms in total. The number of hydrogen-bond donors (Lipinski definition) is 5. The van der Waals surface area contributed by atoms with Crippen molar-refractivity contribution in [1.82, 2.24) is 57.9 Å². The quantitative estimate of drug-likeness (QED) is 0.0584. The van der Waals surface area contributed by atoms with Gasteiger partial charge < -0.3 is 36.5 Å². The van der Waals surface area contributed by atoms with Crippen molar-refractivity contribution in [3.8, 4) is 12.1 Å². The topological polar surface area (TPSA) is 433 Å². The van der Waals surface area contributed by atoms with Crippen LogP contribution in [0.15, 0.2) is 39.3 Å². The molecule has 4 saturated heterocycles. The Morgan fingerprint density at radius 1 is 0.570 bits per heavy atom. The van der Waals surface area contributed by atoms with Gasteiger partial charge in [-0.05, 0) is 199 Å². The predicted octanol–water partition coefficient (Wildman–Crippen LogP) is 8.42. The van der Waals surface area contributed by atoms with E-state index in [4.69, 9.17) is 31.2 Å². The maximum absolute atomic E-state index is 12.9. The number of carbonyl (C=O) groups excluding carboxylic acids is 2. The Morgan fingerprint density at radius 2 is 0.907 bits per heavy atom. The van der Waals surface area contributed by atoms with Gasteiger partial charge in [0.15, 0.2) is 0 Å². The number of nitrogens with one attached hydrogen (secondary N) is 4. The zero-order valence-electron chi connectivity index (χ0n) is 64.5. The normalized spacial score (nSPS) is 18.5. The number of pyridine rings is 2. The van der Waals surface area contributed by atoms with Gasteiger partial charge in [0, 0.05) is 116 Å². The van der Waals surface area contributed by atoms with Gasteiger partial charge in [-0.2, -0.15) is 15.5 Å². The first-order valence-corrected chi connectivity index (χ1v) is 44.9. The van der Waals surface area contributed by atoms with Gasteiger partial charge in [-0.3, -0.25) is 22.9 Å². The molecule has 107 heavy (non-hydrogen) atoms. The van der Waals surface area contributed by atoms with Crippen LogP contribution in [0.1, 0.15) is 223 Å². The molecule has 1 unspecified atom stereocenters. The largest absolute Gasteiger partial charge is 0.444 e. The fraction of sp³-hybridized carbons (Fsp3) is 0.739. The maximum atomic E-state index is 12.9. The molecule has 0 aromatic carbocycles. The van der Waals surface area contributed by atoms with Crippen molar-refractivity contribution in [2.24, 2.45) is 5.73 Å². The Balaban J connectivity index is 0.000000285. The van der Waals surface area contributed by atoms with Crippen LogP contribution in [0.2, 0.25) is 0 Å². The maximum Gasteiger partial charge on any atom is 0.407 e. The van der Waals surface area contributed by atoms with Gasteiger partial charge in [0.05, 0.1) is 31.8 Å². The van der Waals surface area contributed by atoms with E-state index in [9.17, 15) is 62.3 Å². The summed E-state index contributed by atoms with van der Waals surface area (Å²) >= 11 is 0. The van der Waals surface area contributed by atoms with Crippen LogP contribution in [-0.4, -0.2) is 207 Å². The summed E-state index contributed by atoms with van der Waals surface area (Å²) in [5.41, 5.74) is 5.40. The molecule has 4 aromatic heterocycles. The summed E-state index contributed by atoms with van der Waals surface area (Å²) < 4.78 is 122. The number of anilines is 1. The summed E-state index contributed by atoms with van der Waals surface area (Å²) in [4.78, 5) is 65.8. The molecule has 4 aliphatic heterocycles. The molecule has 2 aliphatic carbocycles. The second-order valence-corrected chi connectivity index (χ2v) is 42.2. The predicted molar refractivity (Wildman–Crippen MR) is 420 cm³/mol. The van der Waals surface area contributed by atoms with Crippen LogP contribution >= 0.6 is 23.1 Å². The van der Waals surface area contributed by atoms with Crippen LogP contribution in [0.3, 0.4) is 0 Å². The molecule has 10 rings (SSSR count). The third kappa shape index (κ3) is 28.5. The van der Waals surface area contributed by atoms with Crippen LogP contribution in [0.5, 0.6) is 0 Å². The van der Waals surface area contributed by atoms with E-state index in [1.54, 1.807) is 71.6 Å². The lowest BCUT2D eigenvalue weighted by Gasteiger charge is -2.33. The number of sulfonamides is 3. The number of halogens is 2. The van der Waals surface area contributed by atoms with Crippen molar-refractivity contribution in [3.05, 3.63) is 56.4 Å². The molecule has 0 bridgehead atoms. The number of carbonyl (C=O) groups is 2. The summed E-state index contributed by atoms with van der Waals surface area (Å²) in [6.07, 6.45) is 17.9. The van der Waals surface area contributed by atoms with Crippen molar-refractivity contribution in [2.75, 3.05) is 63.9 Å². The molecule has 0 radical (unpaired) electrons. The number of nitrogens with zero attached hydrogens (tertiary/aromatic N) is 11. The average Bonchev–Trinajstić information content (AvgIpc) is 1.72. The minimum Gasteiger partial charge on any atom is -0.444 e. The highest BCUT2D eigenvalue weighted by molar-refractivity contribution is 8.14. The molecular weight excluding hydrogens is 1520 g/mol. The molecular formula is C69H114Cl2N16O15S5. The first-order chi connectivity index (χ1) is 49.3. The van der Waals surface area contributed by atoms with Gasteiger partial charge in [-0.25, -0.2) is 71.1 Å². The molecule has 6 fully saturated rings. The third-order valence-electron chi connectivity index (χ3n) is 18.4. The number of amides is 2. The summed E-state index contributed by atoms with van der Waals surface area (Å²) in [5.74, 6) is 0.425. The number of rotatable bonds is 14. The Hall–Kier alpha value is -5.77. The first kappa shape index (κ1) is 93.6. The number of alkyl carbamates (subject to hydrolysis) is 2. The lowest BCUT2D eigenvalue weighted by atomic mass is 10.1. The average molecular weight is 1640 g/mol. The zero-order valence-corrected chi connectivity index (χ0v) is 70.2. The van der Waals surface area contributed by atoms with Crippen molar-refractivity contribution in [3.63, 3.8) is 0 Å². The van der Waals surface area contributed by atoms with Crippen LogP contribution < -0.4 is 38.1 Å². The van der Waals surface area contributed by atoms with E-state index >= 15 is 0 Å². The van der Waals surface area contributed by atoms with E-state index in [0.717, 1.165) is 90.1 Å². The SMILES string of the molecule is CC(C)(C)OC(=O)NC1CCNCC1.CC(C)S(=O)(=O)Cl.CC(C)S(=O)(=O)N1CCC(N)CC1.CC(C)S(=O)(=O)N1CCC(NC(=O)OC(C)(C)C)CC1.CC(C)S(=O)(=O)N1CCC(Nc2ncc3cc(C#N)c(=O)n(C4CCCC4)c3n2)CC1.CS(=O)c1ncc2cc(C#N)c(=O)n(C3CCCC3)c2n1.Cl. The Kier molecular flexibility index (Phi) is 36.3. The zero-order chi connectivity index (χ0) is 79.5. The molecule has 604 valence electrons. The minimum atomic E-state index is -3.27. The van der Waals surface area contributed by atoms with Crippen LogP contribution in [0, 0.1) is 22.7 Å². The number of piperidine rings is 4. The fourth-order valence-corrected chi connectivity index (χ4v) is 16.6. The Labute approximate surface area is 645 Å². The molecule has 2 saturated carbocycles. The van der Waals surface area contributed by atoms with Crippen molar-refractivity contribution < 1.29 is 56.9 Å². The summed E-state index contributed by atoms with van der Waals surface area (Å²) in [6.45, 7) is 29.2. The number of nitrogens with two attached hydrogens (primary N) is 1. The fourth-order valence-electron chi connectivity index (χ4n) is 12.2. The van der Waals surface area contributed by atoms with Crippen molar-refractivity contribution >= 4 is 113 Å². The number of ether oxygens (including phenoxy) is 2. The highest BCUT2D eigenvalue weighted by Gasteiger charge is 2.34. The number of fused-ring (bicyclic) bond motifs is 2. The van der Waals surface area contributed by atoms with E-state index in [2.05, 4.69) is 41.2 Å². The highest BCUT2D eigenvalue weighted by Crippen LogP contribution is 2.33. The van der Waals surface area contributed by atoms with E-state index in [-0.39, 0.29) is 87.4 Å². The number of hydrogen-bond acceptors (Lipinski definition) is 24. The van der Waals surface area contributed by atoms with Gasteiger partial charge in [-0.1, -0.05) is 25.7 Å². The highest BCUT2D eigenvalue weighted by atomic mass is 35.7. The van der Waals surface area contributed by atoms with E-state index in [0.29, 0.717) is 93.0 Å². The molecule has 0 spiro atoms. The second-order valence-electron chi connectivity index (χ2n) is 30.3. The van der Waals surface area contributed by atoms with Gasteiger partial charge >= 0.3 is 12.2 Å². The van der Waals surface area contributed by atoms with Gasteiger partial charge in [-0.15, -0.1) is 12.4 Å². The Morgan fingerprint density at radius 3 is 1.24 bits per heavy atom. The minimum absolute atomic E-state index is 0. The van der Waals surface area contributed by atoms with Crippen molar-refractivity contribution in [1.29, 1.82) is 10.5 Å². The van der Waals surface area contributed by atoms with E-state index in [1.165, 1.54) is 36.7 Å². The second kappa shape index (κ2) is 41.5. The summed E-state index contributed by atoms with van der Waals surface area (Å²) in [7, 11) is -9.22. The third-order valence-corrected chi connectivity index (χ3v) is 28.1. The van der Waals surface area contributed by atoms with Crippen LogP contribution in [0.25, 0.3) is 22.1 Å². The standard InChI is InChI=1S/C21H28N6O3S.C14H14N4O2S.C13H26N2O4S.C10H20N2O2.C8H18N2O2S.C3H7ClO2S.ClH/c1-14(2)31(29,30)26-9-7-17(8-10-26)24-21-23-13-16-11-15(12-22)20(28)27(19(16)25-21)18-5-3-4-6-18;1-21(20)14-16-8-10-6-9(7-15)13(19)18(12(10)17-14)11-4-2-3-5-11;1-10(2)20(17,18)15-8-6-11(7-9-15)14-12(16)19-13(3,4)5;1-10(2,3)14-9(13)12-8-4-6-11-7-5-8;1-7(2)13(11,12)10-5-3-8(9)4-6-10;1-3(2)7(4,5)6;/h11,13-14,17-18H,3-10H2,1-2H3,(H,23,24,25);6,8,11H,2-5H2,1H3;10-11H,6-9H2,1-5H3,(H,14,16);8,11H,4-7H2,1-3H3,(H,12,13);7-8H,3-6,9H2,1-2H3;3H,1-2H3;1H. The molecule has 6 aliphatic rings. The van der Waals surface area contributed by atoms with E-state index in [1.807, 2.05) is 53.7 Å². The van der Waals surface area contributed by atoms with Gasteiger partial charge in [0.25, 0.3) is 11.1 Å². The van der Waals surface area contributed by atoms with Gasteiger partial charge in [0.1, 0.15) is 45.8 Å². The van der Waals surface area contributed by atoms with Crippen LogP contribution in [-0.2, 0) is 59.4 Å². The first-order valence-electron chi connectivity index (χ1n) is 36.4. The molecule has 2 amide bonds. The van der Waals surface area contributed by atoms with Crippen LogP contribution in [0.4, 0.5) is 15.5 Å². The monoisotopic (exact) mass is 1640 g/mol. The summed E-state index contributed by atoms with van der Waals surface area (Å²) in [6, 6.07) is 7.59. The smallest absolute Gasteiger partial charge is 0.407 e. The molecule has 1 atom stereocenters.